The third-order valence-corrected chi connectivity index (χ3v) is 9.92. The summed E-state index contributed by atoms with van der Waals surface area (Å²) in [5.41, 5.74) is -1.96. The smallest absolute Gasteiger partial charge is 0.411 e. The topological polar surface area (TPSA) is 121 Å². The number of aromatic nitrogens is 1. The maximum Gasteiger partial charge on any atom is 0.411 e. The van der Waals surface area contributed by atoms with Crippen LogP contribution in [0.2, 0.25) is 0 Å². The van der Waals surface area contributed by atoms with Gasteiger partial charge in [0, 0.05) is 12.6 Å². The van der Waals surface area contributed by atoms with Crippen molar-refractivity contribution in [2.75, 3.05) is 11.9 Å². The van der Waals surface area contributed by atoms with Gasteiger partial charge in [-0.05, 0) is 96.6 Å². The molecule has 1 saturated heterocycles. The minimum absolute atomic E-state index is 0.0126. The molecule has 2 fully saturated rings. The second-order valence-corrected chi connectivity index (χ2v) is 16.1. The highest BCUT2D eigenvalue weighted by atomic mass is 32.2. The number of rotatable bonds is 10. The molecule has 4 atom stereocenters. The number of carbonyl (C=O) groups is 2. The van der Waals surface area contributed by atoms with E-state index in [2.05, 4.69) is 15.0 Å². The molecule has 2 unspecified atom stereocenters. The third-order valence-electron chi connectivity index (χ3n) is 8.27. The maximum atomic E-state index is 15.4. The molecule has 11 heteroatoms. The molecule has 0 radical (unpaired) electrons. The average molecular weight is 631 g/mol. The van der Waals surface area contributed by atoms with Crippen molar-refractivity contribution in [1.82, 2.24) is 14.6 Å². The van der Waals surface area contributed by atoms with Crippen molar-refractivity contribution < 1.29 is 28.0 Å². The van der Waals surface area contributed by atoms with E-state index in [0.717, 1.165) is 19.3 Å². The van der Waals surface area contributed by atoms with Crippen molar-refractivity contribution in [2.45, 2.75) is 115 Å². The van der Waals surface area contributed by atoms with Gasteiger partial charge in [0.15, 0.2) is 0 Å². The van der Waals surface area contributed by atoms with Crippen LogP contribution in [0.15, 0.2) is 42.6 Å². The SMILES string of the molecule is CCC1(O)C[C@H](C(=O)Nc2cc(C(CCC3CC3)(N[S@@](=O)C(C)(C)C)c3ccccn3)ccc2F)N(C(=O)OC(C)(C)C)C1. The Morgan fingerprint density at radius 1 is 1.16 bits per heavy atom. The highest BCUT2D eigenvalue weighted by Crippen LogP contribution is 2.42. The number of carbonyl (C=O) groups excluding carboxylic acids is 2. The minimum Gasteiger partial charge on any atom is -0.444 e. The van der Waals surface area contributed by atoms with Crippen LogP contribution in [0.3, 0.4) is 0 Å². The van der Waals surface area contributed by atoms with Crippen molar-refractivity contribution >= 4 is 28.7 Å². The van der Waals surface area contributed by atoms with Gasteiger partial charge in [-0.3, -0.25) is 14.7 Å². The van der Waals surface area contributed by atoms with E-state index in [9.17, 15) is 18.9 Å². The number of nitrogens with one attached hydrogen (secondary N) is 2. The van der Waals surface area contributed by atoms with Gasteiger partial charge in [-0.1, -0.05) is 31.9 Å². The molecule has 1 aromatic carbocycles. The molecule has 9 nitrogen and oxygen atoms in total. The standard InChI is InChI=1S/C33H47FN4O5S/c1-8-32(41)20-26(38(21-32)29(40)43-30(2,3)4)28(39)36-25-19-23(14-15-24(25)34)33(17-16-22-12-13-22,27-11-9-10-18-35-27)37-44(42)31(5,6)7/h9-11,14-15,18-19,22,26,37,41H,8,12-13,16-17,20-21H2,1-7H3,(H,36,39)/t26-,32?,33?,44+/m1/s1. The van der Waals surface area contributed by atoms with Crippen molar-refractivity contribution in [3.8, 4) is 0 Å². The molecule has 242 valence electrons. The van der Waals surface area contributed by atoms with Crippen LogP contribution in [0, 0.1) is 11.7 Å². The van der Waals surface area contributed by atoms with Gasteiger partial charge >= 0.3 is 6.09 Å². The van der Waals surface area contributed by atoms with Crippen LogP contribution in [0.25, 0.3) is 0 Å². The molecule has 1 aliphatic carbocycles. The summed E-state index contributed by atoms with van der Waals surface area (Å²) in [6.07, 6.45) is 4.94. The van der Waals surface area contributed by atoms with E-state index in [1.807, 2.05) is 39.0 Å². The first-order valence-corrected chi connectivity index (χ1v) is 16.6. The van der Waals surface area contributed by atoms with Crippen LogP contribution in [0.5, 0.6) is 0 Å². The van der Waals surface area contributed by atoms with Gasteiger partial charge < -0.3 is 15.2 Å². The molecular formula is C33H47FN4O5S. The number of benzene rings is 1. The summed E-state index contributed by atoms with van der Waals surface area (Å²) in [6.45, 7) is 12.5. The average Bonchev–Trinajstić information content (AvgIpc) is 3.71. The third kappa shape index (κ3) is 8.03. The molecule has 2 heterocycles. The van der Waals surface area contributed by atoms with Crippen LogP contribution in [-0.2, 0) is 26.1 Å². The number of amides is 2. The first kappa shape index (κ1) is 34.0. The number of likely N-dealkylation sites (tertiary alicyclic amines) is 1. The Hall–Kier alpha value is -2.89. The zero-order chi connectivity index (χ0) is 32.5. The predicted octanol–water partition coefficient (Wildman–Crippen LogP) is 5.80. The lowest BCUT2D eigenvalue weighted by molar-refractivity contribution is -0.120. The number of nitrogens with zero attached hydrogens (tertiary/aromatic N) is 2. The predicted molar refractivity (Wildman–Crippen MR) is 170 cm³/mol. The summed E-state index contributed by atoms with van der Waals surface area (Å²) >= 11 is 0. The molecule has 1 aromatic heterocycles. The molecule has 2 aliphatic rings. The first-order chi connectivity index (χ1) is 20.5. The molecule has 3 N–H and O–H groups in total. The number of β-amino-alcohol motifs (C(OH)–C–C–N with tert-alkyl or cyclic N) is 1. The summed E-state index contributed by atoms with van der Waals surface area (Å²) in [6, 6.07) is 8.94. The lowest BCUT2D eigenvalue weighted by Crippen LogP contribution is -2.49. The molecule has 0 bridgehead atoms. The summed E-state index contributed by atoms with van der Waals surface area (Å²) in [5, 5.41) is 13.7. The van der Waals surface area contributed by atoms with Crippen molar-refractivity contribution in [3.05, 3.63) is 59.7 Å². The summed E-state index contributed by atoms with van der Waals surface area (Å²) in [7, 11) is -1.51. The Balaban J connectivity index is 1.72. The van der Waals surface area contributed by atoms with Gasteiger partial charge in [-0.2, -0.15) is 0 Å². The van der Waals surface area contributed by atoms with Crippen molar-refractivity contribution in [1.29, 1.82) is 0 Å². The van der Waals surface area contributed by atoms with E-state index >= 15 is 4.39 Å². The van der Waals surface area contributed by atoms with Gasteiger partial charge in [0.1, 0.15) is 17.5 Å². The monoisotopic (exact) mass is 630 g/mol. The Labute approximate surface area is 262 Å². The fourth-order valence-corrected chi connectivity index (χ4v) is 6.35. The second kappa shape index (κ2) is 12.8. The molecule has 2 amide bonds. The quantitative estimate of drug-likeness (QED) is 0.305. The summed E-state index contributed by atoms with van der Waals surface area (Å²) < 4.78 is 37.3. The Bertz CT molecular complexity index is 1370. The number of halogens is 1. The fraction of sp³-hybridized carbons (Fsp3) is 0.606. The van der Waals surface area contributed by atoms with E-state index in [0.29, 0.717) is 30.0 Å². The van der Waals surface area contributed by atoms with Crippen molar-refractivity contribution in [2.24, 2.45) is 5.92 Å². The Morgan fingerprint density at radius 3 is 2.43 bits per heavy atom. The first-order valence-electron chi connectivity index (χ1n) is 15.4. The number of aliphatic hydroxyl groups is 1. The maximum absolute atomic E-state index is 15.4. The zero-order valence-electron chi connectivity index (χ0n) is 26.9. The van der Waals surface area contributed by atoms with Gasteiger partial charge in [-0.25, -0.2) is 18.1 Å². The van der Waals surface area contributed by atoms with E-state index in [-0.39, 0.29) is 18.7 Å². The van der Waals surface area contributed by atoms with Gasteiger partial charge in [0.2, 0.25) is 5.91 Å². The highest BCUT2D eigenvalue weighted by Gasteiger charge is 2.48. The van der Waals surface area contributed by atoms with Crippen molar-refractivity contribution in [3.63, 3.8) is 0 Å². The Kier molecular flexibility index (Phi) is 9.92. The molecule has 2 aromatic rings. The number of anilines is 1. The Morgan fingerprint density at radius 2 is 1.86 bits per heavy atom. The van der Waals surface area contributed by atoms with Crippen LogP contribution in [-0.4, -0.2) is 59.7 Å². The number of pyridine rings is 1. The summed E-state index contributed by atoms with van der Waals surface area (Å²) in [4.78, 5) is 32.6. The van der Waals surface area contributed by atoms with Gasteiger partial charge in [0.25, 0.3) is 0 Å². The second-order valence-electron chi connectivity index (χ2n) is 14.2. The van der Waals surface area contributed by atoms with Crippen LogP contribution in [0.4, 0.5) is 14.9 Å². The molecule has 1 saturated carbocycles. The molecule has 1 aliphatic heterocycles. The lowest BCUT2D eigenvalue weighted by atomic mass is 9.82. The lowest BCUT2D eigenvalue weighted by Gasteiger charge is -2.37. The van der Waals surface area contributed by atoms with Gasteiger partial charge in [-0.15, -0.1) is 0 Å². The molecular weight excluding hydrogens is 583 g/mol. The van der Waals surface area contributed by atoms with E-state index in [4.69, 9.17) is 4.74 Å². The molecule has 0 spiro atoms. The summed E-state index contributed by atoms with van der Waals surface area (Å²) in [5.74, 6) is -0.742. The van der Waals surface area contributed by atoms with Gasteiger partial charge in [0.05, 0.1) is 44.8 Å². The number of ether oxygens (including phenoxy) is 1. The van der Waals surface area contributed by atoms with Crippen LogP contribution in [0.1, 0.15) is 98.2 Å². The van der Waals surface area contributed by atoms with Crippen LogP contribution < -0.4 is 10.0 Å². The molecule has 44 heavy (non-hydrogen) atoms. The molecule has 4 rings (SSSR count). The van der Waals surface area contributed by atoms with E-state index in [1.165, 1.54) is 11.0 Å². The zero-order valence-corrected chi connectivity index (χ0v) is 27.7. The van der Waals surface area contributed by atoms with Crippen LogP contribution >= 0.6 is 0 Å². The van der Waals surface area contributed by atoms with E-state index < -0.39 is 56.3 Å². The minimum atomic E-state index is -1.51. The van der Waals surface area contributed by atoms with E-state index in [1.54, 1.807) is 46.0 Å². The number of hydrogen-bond acceptors (Lipinski definition) is 6. The normalized spacial score (nSPS) is 22.8. The number of hydrogen-bond donors (Lipinski definition) is 3. The fourth-order valence-electron chi connectivity index (χ4n) is 5.40. The largest absolute Gasteiger partial charge is 0.444 e. The highest BCUT2D eigenvalue weighted by molar-refractivity contribution is 7.84.